The summed E-state index contributed by atoms with van der Waals surface area (Å²) in [5, 5.41) is 8.72. The van der Waals surface area contributed by atoms with Gasteiger partial charge in [0.1, 0.15) is 0 Å². The van der Waals surface area contributed by atoms with Crippen molar-refractivity contribution in [2.75, 3.05) is 0 Å². The highest BCUT2D eigenvalue weighted by molar-refractivity contribution is 6.16. The van der Waals surface area contributed by atoms with Gasteiger partial charge >= 0.3 is 0 Å². The average Bonchev–Trinajstić information content (AvgIpc) is 3.80. The summed E-state index contributed by atoms with van der Waals surface area (Å²) < 4.78 is 4.69. The molecule has 0 bridgehead atoms. The minimum absolute atomic E-state index is 0.0828. The first kappa shape index (κ1) is 32.0. The Morgan fingerprint density at radius 2 is 0.875 bits per heavy atom. The molecule has 0 radical (unpaired) electrons. The van der Waals surface area contributed by atoms with Crippen LogP contribution in [-0.4, -0.2) is 15.1 Å². The van der Waals surface area contributed by atoms with Crippen molar-refractivity contribution in [1.29, 1.82) is 0 Å². The minimum Gasteiger partial charge on any atom is -0.345 e. The summed E-state index contributed by atoms with van der Waals surface area (Å²) in [6.07, 6.45) is 2.25. The van der Waals surface area contributed by atoms with E-state index in [1.54, 1.807) is 0 Å². The molecular weight excluding hydrogens is 681 g/mol. The molecular formula is C52H36N4. The number of hydrogen-bond acceptors (Lipinski definition) is 2. The molecule has 1 unspecified atom stereocenters. The summed E-state index contributed by atoms with van der Waals surface area (Å²) in [6.45, 7) is 0. The standard InChI is InChI=1S/C52H36N4/c1-3-14-35(15-4-1)36-26-28-37(29-27-36)39-18-13-19-40(32-39)47-34-46(38-16-5-2-6-17-38)53-52(54-47)56-50-25-12-9-22-44(50)45-33-41(30-31-51(45)56)55-48-23-10-7-20-42(48)43-21-8-11-24-49(43)55/h1-34,46H,(H,53,54). The third-order valence-corrected chi connectivity index (χ3v) is 11.2. The SMILES string of the molecule is C1=C(c2cccc(-c3ccc(-c4ccccc4)cc3)c2)N=C(n2c3ccccc3c3cc(-n4c5ccccc5c5ccccc54)ccc32)NC1c1ccccc1. The molecule has 8 aromatic carbocycles. The monoisotopic (exact) mass is 716 g/mol. The lowest BCUT2D eigenvalue weighted by molar-refractivity contribution is 0.760. The van der Waals surface area contributed by atoms with E-state index in [1.807, 2.05) is 0 Å². The number of hydrogen-bond donors (Lipinski definition) is 1. The highest BCUT2D eigenvalue weighted by atomic mass is 15.2. The van der Waals surface area contributed by atoms with E-state index in [0.29, 0.717) is 0 Å². The molecule has 56 heavy (non-hydrogen) atoms. The van der Waals surface area contributed by atoms with Crippen molar-refractivity contribution < 1.29 is 0 Å². The van der Waals surface area contributed by atoms with Crippen LogP contribution in [0.5, 0.6) is 0 Å². The average molecular weight is 717 g/mol. The number of fused-ring (bicyclic) bond motifs is 6. The van der Waals surface area contributed by atoms with Crippen LogP contribution >= 0.6 is 0 Å². The molecule has 1 N–H and O–H groups in total. The van der Waals surface area contributed by atoms with E-state index in [0.717, 1.165) is 39.5 Å². The second-order valence-corrected chi connectivity index (χ2v) is 14.5. The van der Waals surface area contributed by atoms with Crippen molar-refractivity contribution in [3.05, 3.63) is 217 Å². The Balaban J connectivity index is 1.05. The van der Waals surface area contributed by atoms with Gasteiger partial charge in [-0.15, -0.1) is 0 Å². The van der Waals surface area contributed by atoms with Crippen molar-refractivity contribution in [2.24, 2.45) is 4.99 Å². The van der Waals surface area contributed by atoms with E-state index in [9.17, 15) is 0 Å². The number of para-hydroxylation sites is 3. The number of rotatable bonds is 5. The van der Waals surface area contributed by atoms with Gasteiger partial charge in [0.05, 0.1) is 33.8 Å². The van der Waals surface area contributed by atoms with Crippen molar-refractivity contribution in [3.8, 4) is 27.9 Å². The molecule has 3 heterocycles. The first-order chi connectivity index (χ1) is 27.8. The lowest BCUT2D eigenvalue weighted by Gasteiger charge is -2.25. The third kappa shape index (κ3) is 5.34. The van der Waals surface area contributed by atoms with Crippen LogP contribution < -0.4 is 5.32 Å². The van der Waals surface area contributed by atoms with Gasteiger partial charge in [-0.25, -0.2) is 4.99 Å². The van der Waals surface area contributed by atoms with Gasteiger partial charge in [0.25, 0.3) is 0 Å². The van der Waals surface area contributed by atoms with Crippen LogP contribution in [0.15, 0.2) is 211 Å². The quantitative estimate of drug-likeness (QED) is 0.189. The van der Waals surface area contributed by atoms with Crippen LogP contribution in [0, 0.1) is 0 Å². The molecule has 4 nitrogen and oxygen atoms in total. The number of nitrogens with one attached hydrogen (secondary N) is 1. The first-order valence-corrected chi connectivity index (χ1v) is 19.2. The molecule has 11 rings (SSSR count). The first-order valence-electron chi connectivity index (χ1n) is 19.2. The second kappa shape index (κ2) is 13.2. The number of nitrogens with zero attached hydrogens (tertiary/aromatic N) is 3. The van der Waals surface area contributed by atoms with Crippen molar-refractivity contribution in [2.45, 2.75) is 6.04 Å². The highest BCUT2D eigenvalue weighted by Crippen LogP contribution is 2.37. The molecule has 4 heteroatoms. The van der Waals surface area contributed by atoms with E-state index >= 15 is 0 Å². The molecule has 1 aliphatic heterocycles. The molecule has 0 saturated carbocycles. The number of aromatic nitrogens is 2. The zero-order chi connectivity index (χ0) is 37.0. The predicted molar refractivity (Wildman–Crippen MR) is 234 cm³/mol. The van der Waals surface area contributed by atoms with Gasteiger partial charge in [-0.2, -0.15) is 0 Å². The maximum Gasteiger partial charge on any atom is 0.209 e. The topological polar surface area (TPSA) is 34.2 Å². The summed E-state index contributed by atoms with van der Waals surface area (Å²) in [7, 11) is 0. The normalized spacial score (nSPS) is 14.2. The highest BCUT2D eigenvalue weighted by Gasteiger charge is 2.24. The molecule has 0 fully saturated rings. The van der Waals surface area contributed by atoms with Gasteiger partial charge in [0.2, 0.25) is 5.96 Å². The van der Waals surface area contributed by atoms with Gasteiger partial charge in [-0.1, -0.05) is 158 Å². The van der Waals surface area contributed by atoms with Gasteiger partial charge in [0, 0.05) is 32.8 Å². The molecule has 264 valence electrons. The summed E-state index contributed by atoms with van der Waals surface area (Å²) in [6, 6.07) is 71.6. The van der Waals surface area contributed by atoms with E-state index in [2.05, 4.69) is 221 Å². The van der Waals surface area contributed by atoms with Gasteiger partial charge < -0.3 is 9.88 Å². The van der Waals surface area contributed by atoms with Crippen LogP contribution in [0.1, 0.15) is 17.2 Å². The van der Waals surface area contributed by atoms with Crippen LogP contribution in [0.2, 0.25) is 0 Å². The summed E-state index contributed by atoms with van der Waals surface area (Å²) >= 11 is 0. The van der Waals surface area contributed by atoms with Gasteiger partial charge in [-0.05, 0) is 76.4 Å². The van der Waals surface area contributed by atoms with Gasteiger partial charge in [-0.3, -0.25) is 4.57 Å². The van der Waals surface area contributed by atoms with E-state index in [1.165, 1.54) is 54.8 Å². The van der Waals surface area contributed by atoms with Gasteiger partial charge in [0.15, 0.2) is 0 Å². The maximum atomic E-state index is 5.44. The minimum atomic E-state index is -0.0828. The van der Waals surface area contributed by atoms with Crippen LogP contribution in [0.3, 0.4) is 0 Å². The molecule has 10 aromatic rings. The van der Waals surface area contributed by atoms with E-state index in [-0.39, 0.29) is 6.04 Å². The largest absolute Gasteiger partial charge is 0.345 e. The number of aliphatic imine (C=N–C) groups is 1. The second-order valence-electron chi connectivity index (χ2n) is 14.5. The molecule has 0 amide bonds. The molecule has 2 aromatic heterocycles. The van der Waals surface area contributed by atoms with Crippen molar-refractivity contribution >= 4 is 55.3 Å². The van der Waals surface area contributed by atoms with Crippen LogP contribution in [0.25, 0.3) is 77.2 Å². The summed E-state index contributed by atoms with van der Waals surface area (Å²) in [4.78, 5) is 5.44. The molecule has 1 aliphatic rings. The Kier molecular flexibility index (Phi) is 7.52. The third-order valence-electron chi connectivity index (χ3n) is 11.2. The fourth-order valence-corrected chi connectivity index (χ4v) is 8.51. The summed E-state index contributed by atoms with van der Waals surface area (Å²) in [5.41, 5.74) is 13.7. The zero-order valence-electron chi connectivity index (χ0n) is 30.5. The Bertz CT molecular complexity index is 3090. The predicted octanol–water partition coefficient (Wildman–Crippen LogP) is 12.8. The van der Waals surface area contributed by atoms with E-state index < -0.39 is 0 Å². The maximum absolute atomic E-state index is 5.44. The fourth-order valence-electron chi connectivity index (χ4n) is 8.51. The Labute approximate surface area is 324 Å². The molecule has 0 saturated heterocycles. The zero-order valence-corrected chi connectivity index (χ0v) is 30.5. The van der Waals surface area contributed by atoms with E-state index in [4.69, 9.17) is 4.99 Å². The fraction of sp³-hybridized carbons (Fsp3) is 0.0192. The van der Waals surface area contributed by atoms with Crippen LogP contribution in [-0.2, 0) is 0 Å². The Morgan fingerprint density at radius 3 is 1.55 bits per heavy atom. The van der Waals surface area contributed by atoms with Crippen molar-refractivity contribution in [1.82, 2.24) is 14.5 Å². The Hall–Kier alpha value is -7.43. The molecule has 0 aliphatic carbocycles. The number of benzene rings is 8. The Morgan fingerprint density at radius 1 is 0.375 bits per heavy atom. The smallest absolute Gasteiger partial charge is 0.209 e. The lowest BCUT2D eigenvalue weighted by atomic mass is 9.97. The lowest BCUT2D eigenvalue weighted by Crippen LogP contribution is -2.35. The molecule has 1 atom stereocenters. The summed E-state index contributed by atoms with van der Waals surface area (Å²) in [5.74, 6) is 0.796. The van der Waals surface area contributed by atoms with Crippen molar-refractivity contribution in [3.63, 3.8) is 0 Å². The molecule has 0 spiro atoms. The van der Waals surface area contributed by atoms with Crippen LogP contribution in [0.4, 0.5) is 0 Å².